The molecule has 1 N–H and O–H groups in total. The quantitative estimate of drug-likeness (QED) is 0.891. The number of hydrogen-bond acceptors (Lipinski definition) is 2. The van der Waals surface area contributed by atoms with Crippen LogP contribution in [0, 0.1) is 11.2 Å². The van der Waals surface area contributed by atoms with Gasteiger partial charge in [0.2, 0.25) is 5.91 Å². The molecule has 0 unspecified atom stereocenters. The molecule has 1 fully saturated rings. The molecule has 4 nitrogen and oxygen atoms in total. The van der Waals surface area contributed by atoms with E-state index >= 15 is 0 Å². The number of nitrogens with one attached hydrogen (secondary N) is 1. The van der Waals surface area contributed by atoms with Gasteiger partial charge < -0.3 is 9.88 Å². The molecule has 0 radical (unpaired) electrons. The van der Waals surface area contributed by atoms with Gasteiger partial charge in [0.05, 0.1) is 17.8 Å². The lowest BCUT2D eigenvalue weighted by atomic mass is 10.0. The molecule has 1 heterocycles. The van der Waals surface area contributed by atoms with Crippen molar-refractivity contribution in [3.63, 3.8) is 0 Å². The first-order valence-corrected chi connectivity index (χ1v) is 7.65. The first-order valence-electron chi connectivity index (χ1n) is 7.65. The smallest absolute Gasteiger partial charge is 0.228 e. The second kappa shape index (κ2) is 5.91. The van der Waals surface area contributed by atoms with Gasteiger partial charge in [-0.15, -0.1) is 0 Å². The molecule has 22 heavy (non-hydrogen) atoms. The van der Waals surface area contributed by atoms with Crippen LogP contribution < -0.4 is 5.32 Å². The third-order valence-corrected chi connectivity index (χ3v) is 4.37. The number of nitrogens with zero attached hydrogens (tertiary/aromatic N) is 2. The first-order chi connectivity index (χ1) is 10.6. The minimum absolute atomic E-state index is 0.0756. The fourth-order valence-electron chi connectivity index (χ4n) is 2.77. The second-order valence-corrected chi connectivity index (χ2v) is 6.00. The Balaban J connectivity index is 1.68. The van der Waals surface area contributed by atoms with E-state index in [-0.39, 0.29) is 23.2 Å². The number of halogens is 1. The van der Waals surface area contributed by atoms with E-state index in [1.165, 1.54) is 12.1 Å². The van der Waals surface area contributed by atoms with Crippen LogP contribution >= 0.6 is 0 Å². The molecule has 1 atom stereocenters. The highest BCUT2D eigenvalue weighted by molar-refractivity contribution is 5.85. The Labute approximate surface area is 129 Å². The van der Waals surface area contributed by atoms with Crippen molar-refractivity contribution in [1.82, 2.24) is 14.9 Å². The van der Waals surface area contributed by atoms with Crippen molar-refractivity contribution in [2.75, 3.05) is 0 Å². The maximum Gasteiger partial charge on any atom is 0.228 e. The van der Waals surface area contributed by atoms with Crippen LogP contribution in [0.25, 0.3) is 0 Å². The summed E-state index contributed by atoms with van der Waals surface area (Å²) < 4.78 is 15.0. The summed E-state index contributed by atoms with van der Waals surface area (Å²) in [7, 11) is 0. The zero-order chi connectivity index (χ0) is 15.6. The molecule has 116 valence electrons. The summed E-state index contributed by atoms with van der Waals surface area (Å²) in [4.78, 5) is 16.7. The molecule has 0 bridgehead atoms. The molecule has 1 aromatic heterocycles. The Bertz CT molecular complexity index is 632. The highest BCUT2D eigenvalue weighted by Gasteiger charge is 2.50. The maximum atomic E-state index is 13.0. The monoisotopic (exact) mass is 301 g/mol. The van der Waals surface area contributed by atoms with Crippen molar-refractivity contribution >= 4 is 5.91 Å². The van der Waals surface area contributed by atoms with Crippen LogP contribution in [0.15, 0.2) is 43.0 Å². The highest BCUT2D eigenvalue weighted by atomic mass is 19.1. The van der Waals surface area contributed by atoms with E-state index in [2.05, 4.69) is 10.3 Å². The molecule has 0 aliphatic heterocycles. The molecular weight excluding hydrogens is 281 g/mol. The zero-order valence-corrected chi connectivity index (χ0v) is 12.6. The van der Waals surface area contributed by atoms with Gasteiger partial charge in [-0.2, -0.15) is 0 Å². The van der Waals surface area contributed by atoms with Crippen LogP contribution in [-0.2, 0) is 11.3 Å². The zero-order valence-electron chi connectivity index (χ0n) is 12.6. The molecule has 3 rings (SSSR count). The van der Waals surface area contributed by atoms with Crippen LogP contribution in [0.2, 0.25) is 0 Å². The lowest BCUT2D eigenvalue weighted by Crippen LogP contribution is -2.37. The van der Waals surface area contributed by atoms with Gasteiger partial charge in [0, 0.05) is 18.9 Å². The summed E-state index contributed by atoms with van der Waals surface area (Å²) in [5.74, 6) is -0.180. The molecule has 1 aliphatic rings. The Morgan fingerprint density at radius 1 is 1.41 bits per heavy atom. The predicted octanol–water partition coefficient (Wildman–Crippen LogP) is 3.07. The first kappa shape index (κ1) is 14.8. The molecule has 1 aromatic carbocycles. The van der Waals surface area contributed by atoms with Gasteiger partial charge in [-0.05, 0) is 37.0 Å². The van der Waals surface area contributed by atoms with E-state index in [4.69, 9.17) is 0 Å². The molecule has 0 spiro atoms. The van der Waals surface area contributed by atoms with E-state index in [9.17, 15) is 9.18 Å². The summed E-state index contributed by atoms with van der Waals surface area (Å²) in [5.41, 5.74) is 0.629. The number of carbonyl (C=O) groups is 1. The Morgan fingerprint density at radius 3 is 2.68 bits per heavy atom. The summed E-state index contributed by atoms with van der Waals surface area (Å²) in [6.45, 7) is 2.68. The van der Waals surface area contributed by atoms with Gasteiger partial charge in [-0.25, -0.2) is 9.37 Å². The van der Waals surface area contributed by atoms with Crippen molar-refractivity contribution in [3.8, 4) is 0 Å². The van der Waals surface area contributed by atoms with Gasteiger partial charge in [0.1, 0.15) is 5.82 Å². The number of carbonyl (C=O) groups excluding carboxylic acids is 1. The minimum Gasteiger partial charge on any atom is -0.349 e. The second-order valence-electron chi connectivity index (χ2n) is 6.00. The average Bonchev–Trinajstić information content (AvgIpc) is 3.12. The normalized spacial score (nSPS) is 17.0. The van der Waals surface area contributed by atoms with Crippen LogP contribution in [0.1, 0.15) is 37.8 Å². The number of rotatable bonds is 6. The topological polar surface area (TPSA) is 46.9 Å². The summed E-state index contributed by atoms with van der Waals surface area (Å²) >= 11 is 0. The lowest BCUT2D eigenvalue weighted by molar-refractivity contribution is -0.127. The molecule has 1 aliphatic carbocycles. The number of hydrogen-bond donors (Lipinski definition) is 1. The Hall–Kier alpha value is -2.17. The van der Waals surface area contributed by atoms with Gasteiger partial charge in [-0.1, -0.05) is 19.1 Å². The average molecular weight is 301 g/mol. The fourth-order valence-corrected chi connectivity index (χ4v) is 2.77. The van der Waals surface area contributed by atoms with Crippen molar-refractivity contribution in [3.05, 3.63) is 54.4 Å². The number of imidazole rings is 1. The van der Waals surface area contributed by atoms with E-state index in [1.54, 1.807) is 24.7 Å². The van der Waals surface area contributed by atoms with Gasteiger partial charge in [0.15, 0.2) is 0 Å². The number of aromatic nitrogens is 2. The summed E-state index contributed by atoms with van der Waals surface area (Å²) in [6.07, 6.45) is 7.92. The van der Waals surface area contributed by atoms with E-state index < -0.39 is 0 Å². The van der Waals surface area contributed by atoms with E-state index in [0.29, 0.717) is 6.54 Å². The third kappa shape index (κ3) is 3.03. The maximum absolute atomic E-state index is 13.0. The van der Waals surface area contributed by atoms with E-state index in [0.717, 1.165) is 24.8 Å². The predicted molar refractivity (Wildman–Crippen MR) is 81.5 cm³/mol. The van der Waals surface area contributed by atoms with Gasteiger partial charge >= 0.3 is 0 Å². The third-order valence-electron chi connectivity index (χ3n) is 4.37. The molecule has 1 amide bonds. The van der Waals surface area contributed by atoms with Crippen molar-refractivity contribution in [2.24, 2.45) is 5.41 Å². The molecule has 2 aromatic rings. The highest BCUT2D eigenvalue weighted by Crippen LogP contribution is 2.47. The summed E-state index contributed by atoms with van der Waals surface area (Å²) in [5, 5.41) is 3.12. The van der Waals surface area contributed by atoms with Gasteiger partial charge in [0.25, 0.3) is 0 Å². The van der Waals surface area contributed by atoms with Crippen LogP contribution in [-0.4, -0.2) is 15.5 Å². The van der Waals surface area contributed by atoms with Crippen LogP contribution in [0.4, 0.5) is 4.39 Å². The standard InChI is InChI=1S/C17H20FN3O/c1-2-15(13-3-5-14(18)6-4-13)20-16(22)17(7-8-17)11-21-10-9-19-12-21/h3-6,9-10,12,15H,2,7-8,11H2,1H3,(H,20,22)/t15-/m0/s1. The molecule has 5 heteroatoms. The SMILES string of the molecule is CC[C@H](NC(=O)C1(Cn2ccnc2)CC1)c1ccc(F)cc1. The largest absolute Gasteiger partial charge is 0.349 e. The number of benzene rings is 1. The minimum atomic E-state index is -0.311. The van der Waals surface area contributed by atoms with Gasteiger partial charge in [-0.3, -0.25) is 4.79 Å². The van der Waals surface area contributed by atoms with Crippen molar-refractivity contribution in [2.45, 2.75) is 38.8 Å². The molecule has 0 saturated heterocycles. The van der Waals surface area contributed by atoms with Crippen LogP contribution in [0.3, 0.4) is 0 Å². The molecular formula is C17H20FN3O. The van der Waals surface area contributed by atoms with E-state index in [1.807, 2.05) is 17.7 Å². The number of amides is 1. The Morgan fingerprint density at radius 2 is 2.14 bits per heavy atom. The lowest BCUT2D eigenvalue weighted by Gasteiger charge is -2.22. The summed E-state index contributed by atoms with van der Waals surface area (Å²) in [6, 6.07) is 6.26. The fraction of sp³-hybridized carbons (Fsp3) is 0.412. The van der Waals surface area contributed by atoms with Crippen LogP contribution in [0.5, 0.6) is 0 Å². The van der Waals surface area contributed by atoms with Crippen molar-refractivity contribution in [1.29, 1.82) is 0 Å². The van der Waals surface area contributed by atoms with Crippen molar-refractivity contribution < 1.29 is 9.18 Å². The molecule has 1 saturated carbocycles. The Kier molecular flexibility index (Phi) is 3.96.